The third-order valence-electron chi connectivity index (χ3n) is 5.74. The number of ether oxygens (including phenoxy) is 2. The van der Waals surface area contributed by atoms with Crippen molar-refractivity contribution in [2.45, 2.75) is 50.9 Å². The fraction of sp³-hybridized carbons (Fsp3) is 0.591. The Morgan fingerprint density at radius 3 is 2.84 bits per heavy atom. The van der Waals surface area contributed by atoms with Gasteiger partial charge in [-0.15, -0.1) is 24.0 Å². The molecule has 4 rings (SSSR count). The van der Waals surface area contributed by atoms with Crippen LogP contribution in [-0.4, -0.2) is 71.2 Å². The Bertz CT molecular complexity index is 802. The van der Waals surface area contributed by atoms with Crippen molar-refractivity contribution in [1.29, 1.82) is 0 Å². The summed E-state index contributed by atoms with van der Waals surface area (Å²) >= 11 is 0. The van der Waals surface area contributed by atoms with Gasteiger partial charge in [0.05, 0.1) is 18.8 Å². The predicted molar refractivity (Wildman–Crippen MR) is 131 cm³/mol. The molecule has 1 atom stereocenters. The largest absolute Gasteiger partial charge is 0.376 e. The van der Waals surface area contributed by atoms with Gasteiger partial charge in [-0.1, -0.05) is 0 Å². The molecule has 0 aliphatic carbocycles. The Morgan fingerprint density at radius 2 is 2.13 bits per heavy atom. The summed E-state index contributed by atoms with van der Waals surface area (Å²) < 4.78 is 13.7. The molecule has 0 aromatic carbocycles. The van der Waals surface area contributed by atoms with Crippen molar-refractivity contribution in [3.63, 3.8) is 0 Å². The highest BCUT2D eigenvalue weighted by molar-refractivity contribution is 14.0. The first kappa shape index (κ1) is 23.9. The number of guanidine groups is 1. The number of aliphatic imine (C=N–C) groups is 1. The topological polar surface area (TPSA) is 76.8 Å². The molecule has 2 aromatic rings. The fourth-order valence-corrected chi connectivity index (χ4v) is 4.03. The molecule has 8 nitrogen and oxygen atoms in total. The van der Waals surface area contributed by atoms with Crippen molar-refractivity contribution in [1.82, 2.24) is 25.0 Å². The van der Waals surface area contributed by atoms with Gasteiger partial charge < -0.3 is 19.7 Å². The molecule has 0 bridgehead atoms. The summed E-state index contributed by atoms with van der Waals surface area (Å²) in [5.41, 5.74) is 1.14. The Balaban J connectivity index is 0.00000272. The third kappa shape index (κ3) is 6.88. The maximum absolute atomic E-state index is 6.13. The second-order valence-electron chi connectivity index (χ2n) is 7.88. The Labute approximate surface area is 201 Å². The third-order valence-corrected chi connectivity index (χ3v) is 5.74. The first-order valence-electron chi connectivity index (χ1n) is 11.0. The number of rotatable bonds is 6. The Morgan fingerprint density at radius 1 is 1.26 bits per heavy atom. The molecular weight excluding hydrogens is 507 g/mol. The molecule has 2 aliphatic rings. The minimum absolute atomic E-state index is 0. The van der Waals surface area contributed by atoms with Crippen LogP contribution in [0.5, 0.6) is 0 Å². The summed E-state index contributed by atoms with van der Waals surface area (Å²) in [6.07, 6.45) is 11.7. The zero-order valence-electron chi connectivity index (χ0n) is 18.2. The van der Waals surface area contributed by atoms with Gasteiger partial charge >= 0.3 is 0 Å². The van der Waals surface area contributed by atoms with Crippen molar-refractivity contribution < 1.29 is 9.47 Å². The average Bonchev–Trinajstić information content (AvgIpc) is 3.35. The Hall–Kier alpha value is -1.72. The van der Waals surface area contributed by atoms with Crippen LogP contribution in [-0.2, 0) is 16.0 Å². The molecule has 1 N–H and O–H groups in total. The van der Waals surface area contributed by atoms with Gasteiger partial charge in [0.2, 0.25) is 0 Å². The standard InChI is InChI=1S/C22H32N6O2.HI/c1-23-22(25-16-18-6-10-24-21(15-18)28-11-4-9-26-28)27-12-7-19(8-13-27)30-17-20-5-2-3-14-29-20;/h4,6,9-11,15,19-20H,2-3,5,7-8,12-14,16-17H2,1H3,(H,23,25);1H. The molecule has 2 aromatic heterocycles. The van der Waals surface area contributed by atoms with E-state index >= 15 is 0 Å². The molecule has 0 amide bonds. The van der Waals surface area contributed by atoms with Crippen molar-refractivity contribution in [3.05, 3.63) is 42.4 Å². The van der Waals surface area contributed by atoms with Gasteiger partial charge in [0, 0.05) is 51.9 Å². The van der Waals surface area contributed by atoms with Gasteiger partial charge in [-0.25, -0.2) is 9.67 Å². The highest BCUT2D eigenvalue weighted by Gasteiger charge is 2.23. The number of hydrogen-bond acceptors (Lipinski definition) is 5. The zero-order valence-corrected chi connectivity index (χ0v) is 20.5. The van der Waals surface area contributed by atoms with Crippen LogP contribution < -0.4 is 5.32 Å². The van der Waals surface area contributed by atoms with E-state index in [-0.39, 0.29) is 24.0 Å². The van der Waals surface area contributed by atoms with Gasteiger partial charge in [-0.05, 0) is 55.9 Å². The van der Waals surface area contributed by atoms with E-state index in [4.69, 9.17) is 9.47 Å². The molecule has 4 heterocycles. The summed E-state index contributed by atoms with van der Waals surface area (Å²) in [4.78, 5) is 11.2. The normalized spacial score (nSPS) is 20.4. The van der Waals surface area contributed by atoms with E-state index in [0.717, 1.165) is 62.9 Å². The van der Waals surface area contributed by atoms with Crippen LogP contribution in [0, 0.1) is 0 Å². The van der Waals surface area contributed by atoms with E-state index in [1.165, 1.54) is 12.8 Å². The van der Waals surface area contributed by atoms with Crippen LogP contribution in [0.25, 0.3) is 5.82 Å². The number of aromatic nitrogens is 3. The van der Waals surface area contributed by atoms with Crippen molar-refractivity contribution >= 4 is 29.9 Å². The van der Waals surface area contributed by atoms with E-state index in [9.17, 15) is 0 Å². The number of halogens is 1. The zero-order chi connectivity index (χ0) is 20.6. The maximum atomic E-state index is 6.13. The molecule has 170 valence electrons. The highest BCUT2D eigenvalue weighted by atomic mass is 127. The minimum atomic E-state index is 0. The molecular formula is C22H33IN6O2. The van der Waals surface area contributed by atoms with E-state index in [2.05, 4.69) is 25.3 Å². The number of nitrogens with zero attached hydrogens (tertiary/aromatic N) is 5. The van der Waals surface area contributed by atoms with E-state index in [1.54, 1.807) is 10.9 Å². The summed E-state index contributed by atoms with van der Waals surface area (Å²) in [6.45, 7) is 4.21. The van der Waals surface area contributed by atoms with Crippen LogP contribution >= 0.6 is 24.0 Å². The van der Waals surface area contributed by atoms with Crippen LogP contribution in [0.1, 0.15) is 37.7 Å². The molecule has 0 spiro atoms. The molecule has 2 aliphatic heterocycles. The summed E-state index contributed by atoms with van der Waals surface area (Å²) in [7, 11) is 1.84. The van der Waals surface area contributed by atoms with Crippen molar-refractivity contribution in [2.75, 3.05) is 33.4 Å². The lowest BCUT2D eigenvalue weighted by Crippen LogP contribution is -2.47. The average molecular weight is 540 g/mol. The number of pyridine rings is 1. The minimum Gasteiger partial charge on any atom is -0.376 e. The van der Waals surface area contributed by atoms with Gasteiger partial charge in [0.25, 0.3) is 0 Å². The second-order valence-corrected chi connectivity index (χ2v) is 7.88. The van der Waals surface area contributed by atoms with Crippen LogP contribution in [0.15, 0.2) is 41.8 Å². The number of nitrogens with one attached hydrogen (secondary N) is 1. The van der Waals surface area contributed by atoms with E-state index in [1.807, 2.05) is 37.6 Å². The van der Waals surface area contributed by atoms with Crippen molar-refractivity contribution in [3.8, 4) is 5.82 Å². The Kier molecular flexibility index (Phi) is 9.54. The molecule has 2 saturated heterocycles. The maximum Gasteiger partial charge on any atom is 0.193 e. The molecule has 0 saturated carbocycles. The lowest BCUT2D eigenvalue weighted by molar-refractivity contribution is -0.0721. The summed E-state index contributed by atoms with van der Waals surface area (Å²) in [6, 6.07) is 5.95. The number of likely N-dealkylation sites (tertiary alicyclic amines) is 1. The van der Waals surface area contributed by atoms with Gasteiger partial charge in [-0.2, -0.15) is 5.10 Å². The highest BCUT2D eigenvalue weighted by Crippen LogP contribution is 2.18. The lowest BCUT2D eigenvalue weighted by Gasteiger charge is -2.35. The van der Waals surface area contributed by atoms with Crippen molar-refractivity contribution in [2.24, 2.45) is 4.99 Å². The second kappa shape index (κ2) is 12.4. The van der Waals surface area contributed by atoms with E-state index in [0.29, 0.717) is 18.8 Å². The monoisotopic (exact) mass is 540 g/mol. The SMILES string of the molecule is CN=C(NCc1ccnc(-n2cccn2)c1)N1CCC(OCC2CCCCO2)CC1.I. The smallest absolute Gasteiger partial charge is 0.193 e. The quantitative estimate of drug-likeness (QED) is 0.345. The number of hydrogen-bond donors (Lipinski definition) is 1. The predicted octanol–water partition coefficient (Wildman–Crippen LogP) is 3.01. The molecule has 31 heavy (non-hydrogen) atoms. The van der Waals surface area contributed by atoms with Crippen LogP contribution in [0.3, 0.4) is 0 Å². The van der Waals surface area contributed by atoms with Gasteiger partial charge in [0.15, 0.2) is 11.8 Å². The molecule has 0 radical (unpaired) electrons. The fourth-order valence-electron chi connectivity index (χ4n) is 4.03. The van der Waals surface area contributed by atoms with Gasteiger partial charge in [0.1, 0.15) is 0 Å². The molecule has 9 heteroatoms. The first-order valence-corrected chi connectivity index (χ1v) is 11.0. The lowest BCUT2D eigenvalue weighted by atomic mass is 10.1. The van der Waals surface area contributed by atoms with Crippen LogP contribution in [0.2, 0.25) is 0 Å². The summed E-state index contributed by atoms with van der Waals surface area (Å²) in [5, 5.41) is 7.73. The summed E-state index contributed by atoms with van der Waals surface area (Å²) in [5.74, 6) is 1.75. The van der Waals surface area contributed by atoms with Crippen LogP contribution in [0.4, 0.5) is 0 Å². The molecule has 1 unspecified atom stereocenters. The van der Waals surface area contributed by atoms with Gasteiger partial charge in [-0.3, -0.25) is 4.99 Å². The number of piperidine rings is 1. The molecule has 2 fully saturated rings. The first-order chi connectivity index (χ1) is 14.8. The van der Waals surface area contributed by atoms with E-state index < -0.39 is 0 Å².